The SMILES string of the molecule is Cc1ccc(SCCCNCCN(C)C)cc1. The van der Waals surface area contributed by atoms with Crippen molar-refractivity contribution in [2.75, 3.05) is 39.5 Å². The fraction of sp³-hybridized carbons (Fsp3) is 0.571. The summed E-state index contributed by atoms with van der Waals surface area (Å²) >= 11 is 1.94. The highest BCUT2D eigenvalue weighted by Gasteiger charge is 1.94. The van der Waals surface area contributed by atoms with E-state index in [4.69, 9.17) is 0 Å². The van der Waals surface area contributed by atoms with Crippen molar-refractivity contribution in [2.45, 2.75) is 18.2 Å². The van der Waals surface area contributed by atoms with Gasteiger partial charge in [0.1, 0.15) is 0 Å². The summed E-state index contributed by atoms with van der Waals surface area (Å²) < 4.78 is 0. The largest absolute Gasteiger partial charge is 0.315 e. The van der Waals surface area contributed by atoms with E-state index >= 15 is 0 Å². The van der Waals surface area contributed by atoms with E-state index in [1.807, 2.05) is 11.8 Å². The first-order valence-corrected chi connectivity index (χ1v) is 7.22. The van der Waals surface area contributed by atoms with Crippen LogP contribution in [0.1, 0.15) is 12.0 Å². The average Bonchev–Trinajstić information content (AvgIpc) is 2.30. The molecule has 0 aliphatic rings. The lowest BCUT2D eigenvalue weighted by molar-refractivity contribution is 0.400. The standard InChI is InChI=1S/C14H24N2S/c1-13-5-7-14(8-6-13)17-12-4-9-15-10-11-16(2)3/h5-8,15H,4,9-12H2,1-3H3. The zero-order chi connectivity index (χ0) is 12.5. The number of thioether (sulfide) groups is 1. The Bertz CT molecular complexity index is 296. The number of hydrogen-bond donors (Lipinski definition) is 1. The summed E-state index contributed by atoms with van der Waals surface area (Å²) in [5, 5.41) is 3.46. The van der Waals surface area contributed by atoms with E-state index in [0.717, 1.165) is 19.6 Å². The minimum absolute atomic E-state index is 1.09. The lowest BCUT2D eigenvalue weighted by atomic mass is 10.2. The molecule has 17 heavy (non-hydrogen) atoms. The number of hydrogen-bond acceptors (Lipinski definition) is 3. The molecule has 0 heterocycles. The van der Waals surface area contributed by atoms with E-state index in [9.17, 15) is 0 Å². The molecule has 0 radical (unpaired) electrons. The van der Waals surface area contributed by atoms with Gasteiger partial charge in [-0.2, -0.15) is 0 Å². The smallest absolute Gasteiger partial charge is 0.0101 e. The molecule has 1 aromatic carbocycles. The maximum absolute atomic E-state index is 3.46. The van der Waals surface area contributed by atoms with Gasteiger partial charge in [0, 0.05) is 18.0 Å². The van der Waals surface area contributed by atoms with Gasteiger partial charge in [-0.15, -0.1) is 11.8 Å². The van der Waals surface area contributed by atoms with Crippen molar-refractivity contribution in [3.8, 4) is 0 Å². The first-order chi connectivity index (χ1) is 8.18. The third-order valence-corrected chi connectivity index (χ3v) is 3.62. The molecule has 96 valence electrons. The number of rotatable bonds is 8. The molecule has 3 heteroatoms. The summed E-state index contributed by atoms with van der Waals surface area (Å²) in [5.74, 6) is 1.19. The summed E-state index contributed by atoms with van der Waals surface area (Å²) in [5.41, 5.74) is 1.33. The second-order valence-electron chi connectivity index (χ2n) is 4.57. The molecule has 1 N–H and O–H groups in total. The van der Waals surface area contributed by atoms with Gasteiger partial charge in [-0.05, 0) is 51.9 Å². The van der Waals surface area contributed by atoms with Crippen LogP contribution in [0.3, 0.4) is 0 Å². The zero-order valence-corrected chi connectivity index (χ0v) is 12.0. The maximum atomic E-state index is 3.46. The highest BCUT2D eigenvalue weighted by Crippen LogP contribution is 2.18. The van der Waals surface area contributed by atoms with Crippen LogP contribution in [0.2, 0.25) is 0 Å². The van der Waals surface area contributed by atoms with Crippen LogP contribution in [0.25, 0.3) is 0 Å². The summed E-state index contributed by atoms with van der Waals surface area (Å²) in [6.07, 6.45) is 1.23. The monoisotopic (exact) mass is 252 g/mol. The molecular formula is C14H24N2S. The Balaban J connectivity index is 1.99. The van der Waals surface area contributed by atoms with Gasteiger partial charge >= 0.3 is 0 Å². The molecule has 0 atom stereocenters. The molecule has 0 bridgehead atoms. The van der Waals surface area contributed by atoms with Crippen LogP contribution in [-0.2, 0) is 0 Å². The Kier molecular flexibility index (Phi) is 7.33. The lowest BCUT2D eigenvalue weighted by Crippen LogP contribution is -2.27. The Labute approximate surface area is 110 Å². The number of nitrogens with one attached hydrogen (secondary N) is 1. The maximum Gasteiger partial charge on any atom is 0.0101 e. The molecule has 1 aromatic rings. The molecule has 0 spiro atoms. The molecule has 0 amide bonds. The zero-order valence-electron chi connectivity index (χ0n) is 11.2. The van der Waals surface area contributed by atoms with Crippen LogP contribution < -0.4 is 5.32 Å². The van der Waals surface area contributed by atoms with Crippen molar-refractivity contribution in [1.29, 1.82) is 0 Å². The summed E-state index contributed by atoms with van der Waals surface area (Å²) in [4.78, 5) is 3.58. The van der Waals surface area contributed by atoms with Gasteiger partial charge < -0.3 is 10.2 Å². The third-order valence-electron chi connectivity index (χ3n) is 2.52. The van der Waals surface area contributed by atoms with Gasteiger partial charge in [-0.25, -0.2) is 0 Å². The van der Waals surface area contributed by atoms with E-state index in [1.165, 1.54) is 22.6 Å². The third kappa shape index (κ3) is 7.42. The summed E-state index contributed by atoms with van der Waals surface area (Å²) in [7, 11) is 4.21. The molecule has 1 rings (SSSR count). The van der Waals surface area contributed by atoms with Crippen molar-refractivity contribution in [3.05, 3.63) is 29.8 Å². The van der Waals surface area contributed by atoms with Gasteiger partial charge in [0.15, 0.2) is 0 Å². The Morgan fingerprint density at radius 3 is 2.47 bits per heavy atom. The van der Waals surface area contributed by atoms with E-state index in [1.54, 1.807) is 0 Å². The number of nitrogens with zero attached hydrogens (tertiary/aromatic N) is 1. The molecule has 0 saturated heterocycles. The molecular weight excluding hydrogens is 228 g/mol. The first kappa shape index (κ1) is 14.6. The molecule has 0 aliphatic heterocycles. The fourth-order valence-corrected chi connectivity index (χ4v) is 2.30. The van der Waals surface area contributed by atoms with Crippen LogP contribution in [0.5, 0.6) is 0 Å². The normalized spacial score (nSPS) is 11.1. The average molecular weight is 252 g/mol. The molecule has 0 fully saturated rings. The van der Waals surface area contributed by atoms with Crippen LogP contribution in [0.15, 0.2) is 29.2 Å². The molecule has 2 nitrogen and oxygen atoms in total. The Morgan fingerprint density at radius 1 is 1.12 bits per heavy atom. The van der Waals surface area contributed by atoms with Crippen molar-refractivity contribution >= 4 is 11.8 Å². The molecule has 0 aromatic heterocycles. The predicted molar refractivity (Wildman–Crippen MR) is 77.9 cm³/mol. The predicted octanol–water partition coefficient (Wildman–Crippen LogP) is 2.63. The minimum atomic E-state index is 1.09. The van der Waals surface area contributed by atoms with E-state index in [2.05, 4.69) is 55.5 Å². The number of likely N-dealkylation sites (N-methyl/N-ethyl adjacent to an activating group) is 1. The van der Waals surface area contributed by atoms with Crippen molar-refractivity contribution in [2.24, 2.45) is 0 Å². The van der Waals surface area contributed by atoms with E-state index < -0.39 is 0 Å². The van der Waals surface area contributed by atoms with E-state index in [-0.39, 0.29) is 0 Å². The number of aryl methyl sites for hydroxylation is 1. The molecule has 0 saturated carbocycles. The second kappa shape index (κ2) is 8.56. The highest BCUT2D eigenvalue weighted by atomic mass is 32.2. The van der Waals surface area contributed by atoms with Gasteiger partial charge in [0.25, 0.3) is 0 Å². The van der Waals surface area contributed by atoms with Gasteiger partial charge in [-0.3, -0.25) is 0 Å². The van der Waals surface area contributed by atoms with Crippen molar-refractivity contribution in [3.63, 3.8) is 0 Å². The van der Waals surface area contributed by atoms with Gasteiger partial charge in [0.05, 0.1) is 0 Å². The van der Waals surface area contributed by atoms with Crippen LogP contribution in [-0.4, -0.2) is 44.4 Å². The summed E-state index contributed by atoms with van der Waals surface area (Å²) in [6, 6.07) is 8.77. The van der Waals surface area contributed by atoms with Crippen molar-refractivity contribution < 1.29 is 0 Å². The Hall–Kier alpha value is -0.510. The van der Waals surface area contributed by atoms with Crippen LogP contribution >= 0.6 is 11.8 Å². The van der Waals surface area contributed by atoms with Crippen LogP contribution in [0, 0.1) is 6.92 Å². The van der Waals surface area contributed by atoms with Gasteiger partial charge in [0.2, 0.25) is 0 Å². The topological polar surface area (TPSA) is 15.3 Å². The quantitative estimate of drug-likeness (QED) is 0.565. The van der Waals surface area contributed by atoms with Crippen molar-refractivity contribution in [1.82, 2.24) is 10.2 Å². The lowest BCUT2D eigenvalue weighted by Gasteiger charge is -2.10. The highest BCUT2D eigenvalue weighted by molar-refractivity contribution is 7.99. The van der Waals surface area contributed by atoms with Gasteiger partial charge in [-0.1, -0.05) is 17.7 Å². The summed E-state index contributed by atoms with van der Waals surface area (Å²) in [6.45, 7) is 5.45. The molecule has 0 unspecified atom stereocenters. The number of benzene rings is 1. The second-order valence-corrected chi connectivity index (χ2v) is 5.74. The Morgan fingerprint density at radius 2 is 1.82 bits per heavy atom. The molecule has 0 aliphatic carbocycles. The van der Waals surface area contributed by atoms with E-state index in [0.29, 0.717) is 0 Å². The minimum Gasteiger partial charge on any atom is -0.315 e. The first-order valence-electron chi connectivity index (χ1n) is 6.23. The fourth-order valence-electron chi connectivity index (χ4n) is 1.45. The van der Waals surface area contributed by atoms with Crippen LogP contribution in [0.4, 0.5) is 0 Å².